The first-order valence-corrected chi connectivity index (χ1v) is 11.8. The first-order valence-electron chi connectivity index (χ1n) is 10.7. The van der Waals surface area contributed by atoms with Crippen LogP contribution in [-0.4, -0.2) is 34.4 Å². The summed E-state index contributed by atoms with van der Waals surface area (Å²) in [6.07, 6.45) is 22.0. The Morgan fingerprint density at radius 2 is 1.00 bits per heavy atom. The maximum absolute atomic E-state index is 9.22. The van der Waals surface area contributed by atoms with E-state index in [2.05, 4.69) is 6.92 Å². The fourth-order valence-corrected chi connectivity index (χ4v) is 3.98. The minimum atomic E-state index is -0.531. The van der Waals surface area contributed by atoms with Gasteiger partial charge in [0.2, 0.25) is 0 Å². The number of hydrogen-bond acceptors (Lipinski definition) is 3. The monoisotopic (exact) mass is 360 g/mol. The summed E-state index contributed by atoms with van der Waals surface area (Å²) >= 11 is 1.76. The van der Waals surface area contributed by atoms with Crippen LogP contribution in [0.1, 0.15) is 110 Å². The van der Waals surface area contributed by atoms with E-state index in [9.17, 15) is 5.11 Å². The van der Waals surface area contributed by atoms with E-state index in [0.29, 0.717) is 5.75 Å². The molecule has 0 rings (SSSR count). The van der Waals surface area contributed by atoms with Crippen molar-refractivity contribution in [2.24, 2.45) is 0 Å². The molecule has 0 aliphatic heterocycles. The average Bonchev–Trinajstić information content (AvgIpc) is 2.60. The lowest BCUT2D eigenvalue weighted by Crippen LogP contribution is -2.14. The van der Waals surface area contributed by atoms with E-state index in [-0.39, 0.29) is 6.61 Å². The Labute approximate surface area is 156 Å². The number of unbranched alkanes of at least 4 members (excludes halogenated alkanes) is 15. The molecule has 0 aromatic rings. The molecule has 1 atom stereocenters. The molecule has 0 saturated carbocycles. The molecule has 0 fully saturated rings. The number of thioether (sulfide) groups is 1. The minimum absolute atomic E-state index is 0.105. The van der Waals surface area contributed by atoms with E-state index in [0.717, 1.165) is 5.75 Å². The second-order valence-corrected chi connectivity index (χ2v) is 8.36. The molecule has 2 nitrogen and oxygen atoms in total. The van der Waals surface area contributed by atoms with Gasteiger partial charge in [0, 0.05) is 5.75 Å². The quantitative estimate of drug-likeness (QED) is 0.249. The van der Waals surface area contributed by atoms with Gasteiger partial charge in [0.1, 0.15) is 0 Å². The maximum Gasteiger partial charge on any atom is 0.0861 e. The second kappa shape index (κ2) is 21.3. The van der Waals surface area contributed by atoms with Crippen LogP contribution in [0.4, 0.5) is 0 Å². The van der Waals surface area contributed by atoms with Crippen molar-refractivity contribution in [2.45, 2.75) is 116 Å². The molecule has 0 bridgehead atoms. The number of aliphatic hydroxyl groups is 2. The van der Waals surface area contributed by atoms with E-state index >= 15 is 0 Å². The van der Waals surface area contributed by atoms with Crippen LogP contribution in [0.3, 0.4) is 0 Å². The fourth-order valence-electron chi connectivity index (χ4n) is 3.02. The fraction of sp³-hybridized carbons (Fsp3) is 1.00. The Morgan fingerprint density at radius 1 is 0.625 bits per heavy atom. The van der Waals surface area contributed by atoms with E-state index in [1.54, 1.807) is 11.8 Å². The number of hydrogen-bond donors (Lipinski definition) is 2. The van der Waals surface area contributed by atoms with Crippen molar-refractivity contribution in [3.63, 3.8) is 0 Å². The first-order chi connectivity index (χ1) is 11.8. The van der Waals surface area contributed by atoms with Gasteiger partial charge in [0.05, 0.1) is 12.7 Å². The highest BCUT2D eigenvalue weighted by molar-refractivity contribution is 7.99. The van der Waals surface area contributed by atoms with Crippen molar-refractivity contribution in [3.05, 3.63) is 0 Å². The van der Waals surface area contributed by atoms with Gasteiger partial charge < -0.3 is 10.2 Å². The highest BCUT2D eigenvalue weighted by atomic mass is 32.2. The summed E-state index contributed by atoms with van der Waals surface area (Å²) < 4.78 is 0. The Bertz CT molecular complexity index is 224. The highest BCUT2D eigenvalue weighted by Crippen LogP contribution is 2.14. The van der Waals surface area contributed by atoms with Crippen molar-refractivity contribution in [2.75, 3.05) is 18.1 Å². The summed E-state index contributed by atoms with van der Waals surface area (Å²) in [5.74, 6) is 1.80. The van der Waals surface area contributed by atoms with Gasteiger partial charge >= 0.3 is 0 Å². The maximum atomic E-state index is 9.22. The predicted octanol–water partition coefficient (Wildman–Crippen LogP) is 6.33. The average molecular weight is 361 g/mol. The van der Waals surface area contributed by atoms with Crippen molar-refractivity contribution in [1.29, 1.82) is 0 Å². The molecule has 24 heavy (non-hydrogen) atoms. The molecule has 2 N–H and O–H groups in total. The predicted molar refractivity (Wildman–Crippen MR) is 110 cm³/mol. The lowest BCUT2D eigenvalue weighted by Gasteiger charge is -2.06. The third kappa shape index (κ3) is 20.3. The molecule has 0 amide bonds. The lowest BCUT2D eigenvalue weighted by atomic mass is 10.0. The van der Waals surface area contributed by atoms with E-state index in [4.69, 9.17) is 5.11 Å². The van der Waals surface area contributed by atoms with Crippen LogP contribution < -0.4 is 0 Å². The van der Waals surface area contributed by atoms with Gasteiger partial charge in [-0.25, -0.2) is 0 Å². The summed E-state index contributed by atoms with van der Waals surface area (Å²) in [4.78, 5) is 0. The van der Waals surface area contributed by atoms with Crippen LogP contribution in [-0.2, 0) is 0 Å². The van der Waals surface area contributed by atoms with Crippen LogP contribution in [0.5, 0.6) is 0 Å². The lowest BCUT2D eigenvalue weighted by molar-refractivity contribution is 0.113. The van der Waals surface area contributed by atoms with E-state index < -0.39 is 6.10 Å². The van der Waals surface area contributed by atoms with E-state index in [1.807, 2.05) is 0 Å². The molecule has 0 aromatic heterocycles. The molecule has 0 radical (unpaired) electrons. The van der Waals surface area contributed by atoms with Crippen molar-refractivity contribution < 1.29 is 10.2 Å². The third-order valence-corrected chi connectivity index (χ3v) is 5.86. The van der Waals surface area contributed by atoms with Crippen molar-refractivity contribution in [1.82, 2.24) is 0 Å². The normalized spacial score (nSPS) is 12.6. The van der Waals surface area contributed by atoms with Crippen LogP contribution in [0.15, 0.2) is 0 Å². The first kappa shape index (κ1) is 24.3. The van der Waals surface area contributed by atoms with Crippen molar-refractivity contribution in [3.8, 4) is 0 Å². The smallest absolute Gasteiger partial charge is 0.0861 e. The molecule has 0 saturated heterocycles. The van der Waals surface area contributed by atoms with Crippen LogP contribution >= 0.6 is 11.8 Å². The molecule has 0 aliphatic rings. The molecular formula is C21H44O2S. The SMILES string of the molecule is CCCCCCCCCCCCCCCCCCSC[C@H](O)CO. The third-order valence-electron chi connectivity index (χ3n) is 4.66. The molecule has 3 heteroatoms. The standard InChI is InChI=1S/C21H44O2S/c1-2-3-4-5-6-7-8-9-10-11-12-13-14-15-16-17-18-24-20-21(23)19-22/h21-23H,2-20H2,1H3/t21-/m1/s1. The highest BCUT2D eigenvalue weighted by Gasteiger charge is 2.00. The van der Waals surface area contributed by atoms with Gasteiger partial charge in [-0.15, -0.1) is 0 Å². The van der Waals surface area contributed by atoms with Gasteiger partial charge in [-0.3, -0.25) is 0 Å². The molecular weight excluding hydrogens is 316 g/mol. The summed E-state index contributed by atoms with van der Waals surface area (Å²) in [5, 5.41) is 17.9. The Kier molecular flexibility index (Phi) is 21.6. The molecule has 0 unspecified atom stereocenters. The summed E-state index contributed by atoms with van der Waals surface area (Å²) in [7, 11) is 0. The topological polar surface area (TPSA) is 40.5 Å². The van der Waals surface area contributed by atoms with Gasteiger partial charge in [-0.1, -0.05) is 103 Å². The molecule has 0 aromatic carbocycles. The molecule has 146 valence electrons. The van der Waals surface area contributed by atoms with Crippen LogP contribution in [0, 0.1) is 0 Å². The Balaban J connectivity index is 2.98. The molecule has 0 aliphatic carbocycles. The zero-order chi connectivity index (χ0) is 17.7. The largest absolute Gasteiger partial charge is 0.394 e. The summed E-state index contributed by atoms with van der Waals surface area (Å²) in [6, 6.07) is 0. The van der Waals surface area contributed by atoms with Gasteiger partial charge in [0.15, 0.2) is 0 Å². The summed E-state index contributed by atoms with van der Waals surface area (Å²) in [6.45, 7) is 2.18. The zero-order valence-electron chi connectivity index (χ0n) is 16.3. The molecule has 0 spiro atoms. The minimum Gasteiger partial charge on any atom is -0.394 e. The molecule has 0 heterocycles. The number of aliphatic hydroxyl groups excluding tert-OH is 2. The Hall–Kier alpha value is 0.270. The summed E-state index contributed by atoms with van der Waals surface area (Å²) in [5.41, 5.74) is 0. The number of rotatable bonds is 20. The van der Waals surface area contributed by atoms with Crippen LogP contribution in [0.2, 0.25) is 0 Å². The van der Waals surface area contributed by atoms with Gasteiger partial charge in [0.25, 0.3) is 0 Å². The van der Waals surface area contributed by atoms with Gasteiger partial charge in [-0.2, -0.15) is 11.8 Å². The van der Waals surface area contributed by atoms with E-state index in [1.165, 1.54) is 103 Å². The van der Waals surface area contributed by atoms with Crippen molar-refractivity contribution >= 4 is 11.8 Å². The zero-order valence-corrected chi connectivity index (χ0v) is 17.1. The Morgan fingerprint density at radius 3 is 1.38 bits per heavy atom. The van der Waals surface area contributed by atoms with Gasteiger partial charge in [-0.05, 0) is 12.2 Å². The second-order valence-electron chi connectivity index (χ2n) is 7.21. The van der Waals surface area contributed by atoms with Crippen LogP contribution in [0.25, 0.3) is 0 Å².